The lowest BCUT2D eigenvalue weighted by Gasteiger charge is -2.44. The van der Waals surface area contributed by atoms with Gasteiger partial charge in [0.1, 0.15) is 11.8 Å². The molecule has 2 aromatic carbocycles. The molecule has 2 aliphatic heterocycles. The van der Waals surface area contributed by atoms with E-state index in [9.17, 15) is 9.59 Å². The van der Waals surface area contributed by atoms with Gasteiger partial charge in [0.2, 0.25) is 12.2 Å². The second kappa shape index (κ2) is 6.98. The number of carbonyl (C=O) groups is 2. The van der Waals surface area contributed by atoms with E-state index in [0.29, 0.717) is 11.3 Å². The SMILES string of the molecule is COc1ccc(N2C(=O)[C@@H]3[C@H]2[C@@H](OC(=O)c2ccc(Br)cc2)O[C@@H]3C)cc1. The summed E-state index contributed by atoms with van der Waals surface area (Å²) in [7, 11) is 1.59. The Morgan fingerprint density at radius 2 is 1.78 bits per heavy atom. The number of hydrogen-bond acceptors (Lipinski definition) is 5. The first-order chi connectivity index (χ1) is 13.0. The van der Waals surface area contributed by atoms with E-state index in [1.54, 1.807) is 48.4 Å². The number of fused-ring (bicyclic) bond motifs is 1. The fourth-order valence-corrected chi connectivity index (χ4v) is 3.84. The third-order valence-corrected chi connectivity index (χ3v) is 5.50. The Labute approximate surface area is 165 Å². The number of β-lactam (4-membered cyclic amide) rings is 1. The van der Waals surface area contributed by atoms with E-state index in [4.69, 9.17) is 14.2 Å². The summed E-state index contributed by atoms with van der Waals surface area (Å²) in [5, 5.41) is 0. The first kappa shape index (κ1) is 18.0. The van der Waals surface area contributed by atoms with Crippen LogP contribution in [0, 0.1) is 5.92 Å². The number of rotatable bonds is 4. The number of carbonyl (C=O) groups excluding carboxylic acids is 2. The van der Waals surface area contributed by atoms with Gasteiger partial charge in [-0.05, 0) is 55.5 Å². The molecular formula is C20H18BrNO5. The Hall–Kier alpha value is -2.38. The van der Waals surface area contributed by atoms with E-state index in [-0.39, 0.29) is 24.0 Å². The maximum Gasteiger partial charge on any atom is 0.340 e. The van der Waals surface area contributed by atoms with Crippen LogP contribution in [0.4, 0.5) is 5.69 Å². The van der Waals surface area contributed by atoms with E-state index in [1.165, 1.54) is 0 Å². The van der Waals surface area contributed by atoms with Crippen molar-refractivity contribution in [3.63, 3.8) is 0 Å². The molecule has 7 heteroatoms. The van der Waals surface area contributed by atoms with Gasteiger partial charge < -0.3 is 19.1 Å². The van der Waals surface area contributed by atoms with E-state index in [1.807, 2.05) is 19.1 Å². The van der Waals surface area contributed by atoms with Crippen LogP contribution in [0.15, 0.2) is 53.0 Å². The summed E-state index contributed by atoms with van der Waals surface area (Å²) in [5.41, 5.74) is 1.16. The molecule has 4 rings (SSSR count). The fraction of sp³-hybridized carbons (Fsp3) is 0.300. The Morgan fingerprint density at radius 1 is 1.11 bits per heavy atom. The molecule has 6 nitrogen and oxygen atoms in total. The minimum atomic E-state index is -0.805. The molecule has 0 spiro atoms. The van der Waals surface area contributed by atoms with Crippen molar-refractivity contribution in [3.8, 4) is 5.75 Å². The Balaban J connectivity index is 1.54. The lowest BCUT2D eigenvalue weighted by atomic mass is 9.85. The van der Waals surface area contributed by atoms with Gasteiger partial charge in [0.15, 0.2) is 0 Å². The van der Waals surface area contributed by atoms with Crippen molar-refractivity contribution in [2.24, 2.45) is 5.92 Å². The molecule has 2 saturated heterocycles. The molecule has 0 aromatic heterocycles. The molecule has 0 radical (unpaired) electrons. The van der Waals surface area contributed by atoms with Crippen molar-refractivity contribution in [1.29, 1.82) is 0 Å². The Morgan fingerprint density at radius 3 is 2.41 bits per heavy atom. The molecule has 1 amide bonds. The van der Waals surface area contributed by atoms with Gasteiger partial charge in [0, 0.05) is 10.2 Å². The smallest absolute Gasteiger partial charge is 0.340 e. The van der Waals surface area contributed by atoms with Gasteiger partial charge in [0.25, 0.3) is 0 Å². The third-order valence-electron chi connectivity index (χ3n) is 4.98. The van der Waals surface area contributed by atoms with E-state index in [2.05, 4.69) is 15.9 Å². The highest BCUT2D eigenvalue weighted by atomic mass is 79.9. The maximum atomic E-state index is 12.6. The standard InChI is InChI=1S/C20H18BrNO5/c1-11-16-17(22(18(16)23)14-7-9-15(25-2)10-8-14)20(26-11)27-19(24)12-3-5-13(21)6-4-12/h3-11,16-17,20H,1-2H3/t11-,16+,17+,20-/m1/s1. The number of benzene rings is 2. The average Bonchev–Trinajstić information content (AvgIpc) is 2.94. The Kier molecular flexibility index (Phi) is 4.65. The molecular weight excluding hydrogens is 414 g/mol. The summed E-state index contributed by atoms with van der Waals surface area (Å²) < 4.78 is 17.4. The zero-order chi connectivity index (χ0) is 19.1. The van der Waals surface area contributed by atoms with Crippen molar-refractivity contribution in [2.45, 2.75) is 25.4 Å². The summed E-state index contributed by atoms with van der Waals surface area (Å²) in [6, 6.07) is 13.8. The minimum Gasteiger partial charge on any atom is -0.497 e. The van der Waals surface area contributed by atoms with E-state index >= 15 is 0 Å². The zero-order valence-corrected chi connectivity index (χ0v) is 16.4. The molecule has 0 unspecified atom stereocenters. The van der Waals surface area contributed by atoms with Crippen LogP contribution in [0.5, 0.6) is 5.75 Å². The van der Waals surface area contributed by atoms with Crippen molar-refractivity contribution >= 4 is 33.5 Å². The van der Waals surface area contributed by atoms with Gasteiger partial charge in [-0.3, -0.25) is 4.79 Å². The minimum absolute atomic E-state index is 0.0279. The van der Waals surface area contributed by atoms with E-state index in [0.717, 1.165) is 10.2 Å². The second-order valence-electron chi connectivity index (χ2n) is 6.54. The highest BCUT2D eigenvalue weighted by molar-refractivity contribution is 9.10. The van der Waals surface area contributed by atoms with Crippen LogP contribution in [0.2, 0.25) is 0 Å². The average molecular weight is 432 g/mol. The number of esters is 1. The van der Waals surface area contributed by atoms with Crippen LogP contribution >= 0.6 is 15.9 Å². The molecule has 2 aliphatic rings. The molecule has 0 saturated carbocycles. The molecule has 0 N–H and O–H groups in total. The predicted molar refractivity (Wildman–Crippen MR) is 102 cm³/mol. The monoisotopic (exact) mass is 431 g/mol. The molecule has 27 heavy (non-hydrogen) atoms. The van der Waals surface area contributed by atoms with Gasteiger partial charge in [0.05, 0.1) is 24.7 Å². The number of methoxy groups -OCH3 is 1. The van der Waals surface area contributed by atoms with Crippen LogP contribution in [0.3, 0.4) is 0 Å². The Bertz CT molecular complexity index is 867. The molecule has 0 aliphatic carbocycles. The highest BCUT2D eigenvalue weighted by Crippen LogP contribution is 2.44. The summed E-state index contributed by atoms with van der Waals surface area (Å²) in [5.74, 6) is -0.110. The normalized spacial score (nSPS) is 26.3. The number of halogens is 1. The maximum absolute atomic E-state index is 12.6. The van der Waals surface area contributed by atoms with Crippen molar-refractivity contribution in [1.82, 2.24) is 0 Å². The molecule has 2 heterocycles. The van der Waals surface area contributed by atoms with Gasteiger partial charge in [-0.1, -0.05) is 15.9 Å². The first-order valence-electron chi connectivity index (χ1n) is 8.59. The number of anilines is 1. The number of hydrogen-bond donors (Lipinski definition) is 0. The second-order valence-corrected chi connectivity index (χ2v) is 7.46. The first-order valence-corrected chi connectivity index (χ1v) is 9.38. The van der Waals surface area contributed by atoms with Crippen LogP contribution in [0.1, 0.15) is 17.3 Å². The molecule has 4 atom stereocenters. The molecule has 2 fully saturated rings. The number of ether oxygens (including phenoxy) is 3. The van der Waals surface area contributed by atoms with Gasteiger partial charge in [-0.15, -0.1) is 0 Å². The molecule has 0 bridgehead atoms. The van der Waals surface area contributed by atoms with Crippen molar-refractivity contribution in [2.75, 3.05) is 12.0 Å². The summed E-state index contributed by atoms with van der Waals surface area (Å²) in [6.45, 7) is 1.83. The highest BCUT2D eigenvalue weighted by Gasteiger charge is 2.61. The predicted octanol–water partition coefficient (Wildman–Crippen LogP) is 3.39. The van der Waals surface area contributed by atoms with Crippen molar-refractivity contribution in [3.05, 3.63) is 58.6 Å². The number of amides is 1. The summed E-state index contributed by atoms with van der Waals surface area (Å²) in [4.78, 5) is 26.7. The van der Waals surface area contributed by atoms with Crippen LogP contribution in [-0.2, 0) is 14.3 Å². The fourth-order valence-electron chi connectivity index (χ4n) is 3.58. The van der Waals surface area contributed by atoms with Crippen molar-refractivity contribution < 1.29 is 23.8 Å². The largest absolute Gasteiger partial charge is 0.497 e. The van der Waals surface area contributed by atoms with Gasteiger partial charge >= 0.3 is 5.97 Å². The topological polar surface area (TPSA) is 65.1 Å². The summed E-state index contributed by atoms with van der Waals surface area (Å²) >= 11 is 3.34. The zero-order valence-electron chi connectivity index (χ0n) is 14.8. The van der Waals surface area contributed by atoms with Crippen LogP contribution in [-0.4, -0.2) is 37.4 Å². The lowest BCUT2D eigenvalue weighted by Crippen LogP contribution is -2.64. The number of nitrogens with zero attached hydrogens (tertiary/aromatic N) is 1. The van der Waals surface area contributed by atoms with Gasteiger partial charge in [-0.2, -0.15) is 0 Å². The van der Waals surface area contributed by atoms with Gasteiger partial charge in [-0.25, -0.2) is 4.79 Å². The lowest BCUT2D eigenvalue weighted by molar-refractivity contribution is -0.131. The van der Waals surface area contributed by atoms with Crippen LogP contribution < -0.4 is 9.64 Å². The molecule has 2 aromatic rings. The summed E-state index contributed by atoms with van der Waals surface area (Å²) in [6.07, 6.45) is -1.11. The quantitative estimate of drug-likeness (QED) is 0.548. The molecule has 140 valence electrons. The third kappa shape index (κ3) is 3.11. The van der Waals surface area contributed by atoms with Crippen LogP contribution in [0.25, 0.3) is 0 Å². The van der Waals surface area contributed by atoms with E-state index < -0.39 is 12.3 Å².